The van der Waals surface area contributed by atoms with E-state index in [1.165, 1.54) is 88.2 Å². The van der Waals surface area contributed by atoms with Crippen molar-refractivity contribution in [2.24, 2.45) is 0 Å². The Morgan fingerprint density at radius 3 is 1.20 bits per heavy atom. The third kappa shape index (κ3) is 7.12. The Bertz CT molecular complexity index is 3500. The highest BCUT2D eigenvalue weighted by molar-refractivity contribution is 6.23. The summed E-state index contributed by atoms with van der Waals surface area (Å²) in [5.74, 6) is 0. The topological polar surface area (TPSA) is 8.17 Å². The Morgan fingerprint density at radius 2 is 0.667 bits per heavy atom. The molecule has 0 N–H and O–H groups in total. The van der Waals surface area contributed by atoms with Gasteiger partial charge in [-0.2, -0.15) is 0 Å². The van der Waals surface area contributed by atoms with Gasteiger partial charge < -0.3 is 9.47 Å². The molecule has 0 aliphatic carbocycles. The van der Waals surface area contributed by atoms with Crippen LogP contribution in [0, 0.1) is 0 Å². The number of hydrogen-bond acceptors (Lipinski definition) is 1. The van der Waals surface area contributed by atoms with Gasteiger partial charge in [0.2, 0.25) is 0 Å². The molecule has 0 aliphatic rings. The zero-order chi connectivity index (χ0) is 43.8. The van der Waals surface area contributed by atoms with Gasteiger partial charge in [0.25, 0.3) is 0 Å². The predicted octanol–water partition coefficient (Wildman–Crippen LogP) is 17.7. The van der Waals surface area contributed by atoms with E-state index in [1.54, 1.807) is 0 Å². The normalized spacial score (nSPS) is 11.3. The molecule has 2 nitrogen and oxygen atoms in total. The second-order valence-corrected chi connectivity index (χ2v) is 16.9. The maximum absolute atomic E-state index is 2.42. The second-order valence-electron chi connectivity index (χ2n) is 16.9. The van der Waals surface area contributed by atoms with Crippen LogP contribution in [0.25, 0.3) is 93.9 Å². The Balaban J connectivity index is 0.986. The van der Waals surface area contributed by atoms with Crippen molar-refractivity contribution < 1.29 is 0 Å². The fourth-order valence-corrected chi connectivity index (χ4v) is 9.77. The van der Waals surface area contributed by atoms with E-state index in [2.05, 4.69) is 276 Å². The Morgan fingerprint density at radius 1 is 0.258 bits per heavy atom. The largest absolute Gasteiger partial charge is 0.310 e. The van der Waals surface area contributed by atoms with Crippen molar-refractivity contribution in [1.82, 2.24) is 4.57 Å². The van der Waals surface area contributed by atoms with Crippen molar-refractivity contribution in [3.63, 3.8) is 0 Å². The molecule has 0 bridgehead atoms. The molecule has 2 heteroatoms. The summed E-state index contributed by atoms with van der Waals surface area (Å²) < 4.78 is 2.42. The highest BCUT2D eigenvalue weighted by Gasteiger charge is 2.21. The van der Waals surface area contributed by atoms with Crippen LogP contribution in [0.1, 0.15) is 0 Å². The van der Waals surface area contributed by atoms with Gasteiger partial charge in [-0.05, 0) is 127 Å². The standard InChI is InChI=1S/C64H44N2/c1-4-15-45(16-5-1)47-27-31-49(32-28-47)51-35-39-56(40-36-51)65(57-41-37-52(38-42-57)50-33-29-48(30-34-50)46-17-6-2-7-18-46)58-23-14-20-54(43-58)63-59-24-11-10-19-53(59)44-62-64(63)60-25-12-13-26-61(60)66(62)55-21-8-3-9-22-55/h1-44H. The molecule has 0 amide bonds. The molecular weight excluding hydrogens is 797 g/mol. The van der Waals surface area contributed by atoms with E-state index in [0.717, 1.165) is 22.7 Å². The van der Waals surface area contributed by atoms with Gasteiger partial charge in [-0.15, -0.1) is 0 Å². The van der Waals surface area contributed by atoms with Crippen LogP contribution < -0.4 is 4.90 Å². The Kier molecular flexibility index (Phi) is 9.89. The summed E-state index contributed by atoms with van der Waals surface area (Å²) in [6.45, 7) is 0. The molecule has 0 aliphatic heterocycles. The zero-order valence-electron chi connectivity index (χ0n) is 36.3. The van der Waals surface area contributed by atoms with Gasteiger partial charge in [0.05, 0.1) is 11.0 Å². The van der Waals surface area contributed by atoms with E-state index in [1.807, 2.05) is 0 Å². The molecule has 11 aromatic carbocycles. The molecule has 0 unspecified atom stereocenters. The van der Waals surface area contributed by atoms with Gasteiger partial charge >= 0.3 is 0 Å². The van der Waals surface area contributed by atoms with Crippen molar-refractivity contribution in [2.75, 3.05) is 4.90 Å². The summed E-state index contributed by atoms with van der Waals surface area (Å²) in [6.07, 6.45) is 0. The van der Waals surface area contributed by atoms with E-state index in [9.17, 15) is 0 Å². The van der Waals surface area contributed by atoms with Crippen LogP contribution in [0.4, 0.5) is 17.1 Å². The maximum atomic E-state index is 2.42. The number of hydrogen-bond donors (Lipinski definition) is 0. The molecule has 0 atom stereocenters. The quantitative estimate of drug-likeness (QED) is 0.141. The zero-order valence-corrected chi connectivity index (χ0v) is 36.3. The number of rotatable bonds is 9. The fourth-order valence-electron chi connectivity index (χ4n) is 9.77. The van der Waals surface area contributed by atoms with Gasteiger partial charge in [-0.25, -0.2) is 0 Å². The van der Waals surface area contributed by atoms with Gasteiger partial charge in [-0.1, -0.05) is 206 Å². The number of para-hydroxylation sites is 2. The van der Waals surface area contributed by atoms with Crippen LogP contribution in [0.3, 0.4) is 0 Å². The minimum atomic E-state index is 1.08. The third-order valence-electron chi connectivity index (χ3n) is 13.0. The number of benzene rings is 11. The molecule has 12 rings (SSSR count). The van der Waals surface area contributed by atoms with Crippen LogP contribution >= 0.6 is 0 Å². The van der Waals surface area contributed by atoms with Crippen LogP contribution in [-0.2, 0) is 0 Å². The van der Waals surface area contributed by atoms with Gasteiger partial charge in [0, 0.05) is 33.5 Å². The molecule has 0 radical (unpaired) electrons. The van der Waals surface area contributed by atoms with Crippen molar-refractivity contribution in [1.29, 1.82) is 0 Å². The van der Waals surface area contributed by atoms with E-state index in [0.29, 0.717) is 0 Å². The molecule has 0 saturated carbocycles. The summed E-state index contributed by atoms with van der Waals surface area (Å²) in [7, 11) is 0. The monoisotopic (exact) mass is 840 g/mol. The molecular formula is C64H44N2. The molecule has 0 spiro atoms. The first-order valence-corrected chi connectivity index (χ1v) is 22.7. The number of fused-ring (bicyclic) bond motifs is 4. The molecule has 310 valence electrons. The highest BCUT2D eigenvalue weighted by atomic mass is 15.1. The van der Waals surface area contributed by atoms with Crippen molar-refractivity contribution >= 4 is 49.6 Å². The van der Waals surface area contributed by atoms with Crippen molar-refractivity contribution in [3.8, 4) is 61.3 Å². The maximum Gasteiger partial charge on any atom is 0.0553 e. The van der Waals surface area contributed by atoms with Crippen molar-refractivity contribution in [2.45, 2.75) is 0 Å². The first-order valence-electron chi connectivity index (χ1n) is 22.7. The summed E-state index contributed by atoms with van der Waals surface area (Å²) in [4.78, 5) is 2.39. The lowest BCUT2D eigenvalue weighted by Crippen LogP contribution is -2.10. The van der Waals surface area contributed by atoms with Crippen LogP contribution in [0.5, 0.6) is 0 Å². The Hall–Kier alpha value is -8.72. The first kappa shape index (κ1) is 38.9. The first-order chi connectivity index (χ1) is 32.7. The summed E-state index contributed by atoms with van der Waals surface area (Å²) >= 11 is 0. The molecule has 12 aromatic rings. The summed E-state index contributed by atoms with van der Waals surface area (Å²) in [5, 5.41) is 4.93. The average molecular weight is 841 g/mol. The lowest BCUT2D eigenvalue weighted by Gasteiger charge is -2.27. The number of nitrogens with zero attached hydrogens (tertiary/aromatic N) is 2. The average Bonchev–Trinajstić information content (AvgIpc) is 3.73. The van der Waals surface area contributed by atoms with E-state index >= 15 is 0 Å². The molecule has 1 heterocycles. The predicted molar refractivity (Wildman–Crippen MR) is 280 cm³/mol. The van der Waals surface area contributed by atoms with E-state index in [4.69, 9.17) is 0 Å². The van der Waals surface area contributed by atoms with E-state index in [-0.39, 0.29) is 0 Å². The Labute approximate surface area is 385 Å². The van der Waals surface area contributed by atoms with Gasteiger partial charge in [-0.3, -0.25) is 0 Å². The summed E-state index contributed by atoms with van der Waals surface area (Å²) in [5.41, 5.74) is 18.8. The number of anilines is 3. The highest BCUT2D eigenvalue weighted by Crippen LogP contribution is 2.45. The molecule has 0 fully saturated rings. The smallest absolute Gasteiger partial charge is 0.0553 e. The van der Waals surface area contributed by atoms with Gasteiger partial charge in [0.15, 0.2) is 0 Å². The molecule has 66 heavy (non-hydrogen) atoms. The number of aromatic nitrogens is 1. The lowest BCUT2D eigenvalue weighted by atomic mass is 9.92. The van der Waals surface area contributed by atoms with Crippen LogP contribution in [-0.4, -0.2) is 4.57 Å². The van der Waals surface area contributed by atoms with E-state index < -0.39 is 0 Å². The minimum absolute atomic E-state index is 1.08. The fraction of sp³-hybridized carbons (Fsp3) is 0. The van der Waals surface area contributed by atoms with Crippen LogP contribution in [0.2, 0.25) is 0 Å². The lowest BCUT2D eigenvalue weighted by molar-refractivity contribution is 1.18. The van der Waals surface area contributed by atoms with Gasteiger partial charge in [0.1, 0.15) is 0 Å². The second kappa shape index (κ2) is 16.8. The van der Waals surface area contributed by atoms with Crippen LogP contribution in [0.15, 0.2) is 267 Å². The SMILES string of the molecule is c1ccc(-c2ccc(-c3ccc(N(c4ccc(-c5ccc(-c6ccccc6)cc5)cc4)c4cccc(-c5c6ccccc6cc6c5c5ccccc5n6-c5ccccc5)c4)cc3)cc2)cc1. The molecule has 0 saturated heterocycles. The minimum Gasteiger partial charge on any atom is -0.310 e. The molecule has 1 aromatic heterocycles. The van der Waals surface area contributed by atoms with Crippen molar-refractivity contribution in [3.05, 3.63) is 267 Å². The third-order valence-corrected chi connectivity index (χ3v) is 13.0. The summed E-state index contributed by atoms with van der Waals surface area (Å²) in [6, 6.07) is 96.8.